The maximum absolute atomic E-state index is 12.1. The fourth-order valence-corrected chi connectivity index (χ4v) is 1.91. The van der Waals surface area contributed by atoms with E-state index >= 15 is 0 Å². The number of rotatable bonds is 4. The van der Waals surface area contributed by atoms with Crippen molar-refractivity contribution in [2.24, 2.45) is 0 Å². The molecule has 2 rings (SSSR count). The minimum absolute atomic E-state index is 0.215. The predicted molar refractivity (Wildman–Crippen MR) is 71.4 cm³/mol. The summed E-state index contributed by atoms with van der Waals surface area (Å²) >= 11 is 0. The highest BCUT2D eigenvalue weighted by molar-refractivity contribution is 5.64. The van der Waals surface area contributed by atoms with Crippen molar-refractivity contribution in [2.75, 3.05) is 0 Å². The molecule has 0 bridgehead atoms. The van der Waals surface area contributed by atoms with Gasteiger partial charge in [-0.2, -0.15) is 0 Å². The molecule has 0 saturated heterocycles. The van der Waals surface area contributed by atoms with Crippen molar-refractivity contribution in [1.82, 2.24) is 0 Å². The highest BCUT2D eigenvalue weighted by Gasteiger charge is 2.30. The molecule has 0 unspecified atom stereocenters. The van der Waals surface area contributed by atoms with Crippen molar-refractivity contribution in [3.05, 3.63) is 54.1 Å². The van der Waals surface area contributed by atoms with Gasteiger partial charge < -0.3 is 4.74 Å². The van der Waals surface area contributed by atoms with Crippen LogP contribution in [-0.4, -0.2) is 6.36 Å². The summed E-state index contributed by atoms with van der Waals surface area (Å²) in [5, 5.41) is 0. The van der Waals surface area contributed by atoms with Crippen LogP contribution in [-0.2, 0) is 6.42 Å². The van der Waals surface area contributed by atoms with Crippen LogP contribution in [0, 0.1) is 6.07 Å². The zero-order chi connectivity index (χ0) is 14.6. The SMILES string of the molecule is CCCc1[c]cc(-c2ccc(OC(F)(F)F)cc2)cc1. The van der Waals surface area contributed by atoms with Crippen molar-refractivity contribution in [2.45, 2.75) is 26.1 Å². The van der Waals surface area contributed by atoms with Crippen LogP contribution in [0.25, 0.3) is 11.1 Å². The molecule has 1 radical (unpaired) electrons. The van der Waals surface area contributed by atoms with Gasteiger partial charge >= 0.3 is 6.36 Å². The molecular weight excluding hydrogens is 265 g/mol. The molecule has 1 nitrogen and oxygen atoms in total. The van der Waals surface area contributed by atoms with Gasteiger partial charge in [-0.25, -0.2) is 0 Å². The molecule has 0 aromatic heterocycles. The summed E-state index contributed by atoms with van der Waals surface area (Å²) in [6.45, 7) is 2.10. The Balaban J connectivity index is 2.13. The summed E-state index contributed by atoms with van der Waals surface area (Å²) in [6, 6.07) is 14.8. The fraction of sp³-hybridized carbons (Fsp3) is 0.250. The second-order valence-corrected chi connectivity index (χ2v) is 4.42. The standard InChI is InChI=1S/C16H14F3O/c1-2-3-12-4-6-13(7-5-12)14-8-10-15(11-9-14)20-16(17,18)19/h4,6-11H,2-3H2,1H3. The van der Waals surface area contributed by atoms with Crippen LogP contribution in [0.5, 0.6) is 5.75 Å². The van der Waals surface area contributed by atoms with Crippen molar-refractivity contribution in [3.63, 3.8) is 0 Å². The molecular formula is C16H14F3O. The lowest BCUT2D eigenvalue weighted by atomic mass is 10.0. The minimum atomic E-state index is -4.66. The Kier molecular flexibility index (Phi) is 4.32. The van der Waals surface area contributed by atoms with E-state index in [9.17, 15) is 13.2 Å². The third kappa shape index (κ3) is 4.02. The van der Waals surface area contributed by atoms with Crippen molar-refractivity contribution in [3.8, 4) is 16.9 Å². The van der Waals surface area contributed by atoms with E-state index in [0.717, 1.165) is 29.5 Å². The third-order valence-electron chi connectivity index (χ3n) is 2.82. The Morgan fingerprint density at radius 3 is 2.15 bits per heavy atom. The van der Waals surface area contributed by atoms with Gasteiger partial charge in [0.15, 0.2) is 0 Å². The molecule has 0 fully saturated rings. The van der Waals surface area contributed by atoms with Crippen LogP contribution in [0.4, 0.5) is 13.2 Å². The maximum atomic E-state index is 12.1. The first-order chi connectivity index (χ1) is 9.48. The number of hydrogen-bond acceptors (Lipinski definition) is 1. The van der Waals surface area contributed by atoms with Gasteiger partial charge in [-0.15, -0.1) is 13.2 Å². The van der Waals surface area contributed by atoms with E-state index in [1.165, 1.54) is 12.1 Å². The molecule has 0 aliphatic rings. The van der Waals surface area contributed by atoms with Crippen molar-refractivity contribution in [1.29, 1.82) is 0 Å². The highest BCUT2D eigenvalue weighted by atomic mass is 19.4. The number of aryl methyl sites for hydroxylation is 1. The molecule has 105 valence electrons. The largest absolute Gasteiger partial charge is 0.573 e. The van der Waals surface area contributed by atoms with E-state index in [1.54, 1.807) is 12.1 Å². The van der Waals surface area contributed by atoms with Crippen LogP contribution in [0.15, 0.2) is 42.5 Å². The van der Waals surface area contributed by atoms with E-state index in [2.05, 4.69) is 17.7 Å². The predicted octanol–water partition coefficient (Wildman–Crippen LogP) is 5.00. The van der Waals surface area contributed by atoms with Crippen LogP contribution in [0.2, 0.25) is 0 Å². The Labute approximate surface area is 116 Å². The van der Waals surface area contributed by atoms with Crippen LogP contribution >= 0.6 is 0 Å². The molecule has 0 aliphatic heterocycles. The fourth-order valence-electron chi connectivity index (χ4n) is 1.91. The summed E-state index contributed by atoms with van der Waals surface area (Å²) in [6.07, 6.45) is -2.63. The number of hydrogen-bond donors (Lipinski definition) is 0. The Hall–Kier alpha value is -1.97. The zero-order valence-corrected chi connectivity index (χ0v) is 11.0. The van der Waals surface area contributed by atoms with Gasteiger partial charge in [0.2, 0.25) is 0 Å². The molecule has 2 aromatic rings. The molecule has 0 heterocycles. The Bertz CT molecular complexity index is 541. The highest BCUT2D eigenvalue weighted by Crippen LogP contribution is 2.26. The molecule has 0 N–H and O–H groups in total. The van der Waals surface area contributed by atoms with Gasteiger partial charge in [-0.1, -0.05) is 37.6 Å². The zero-order valence-electron chi connectivity index (χ0n) is 11.0. The summed E-state index contributed by atoms with van der Waals surface area (Å²) in [5.41, 5.74) is 2.88. The summed E-state index contributed by atoms with van der Waals surface area (Å²) in [5.74, 6) is -0.215. The summed E-state index contributed by atoms with van der Waals surface area (Å²) < 4.78 is 40.0. The van der Waals surface area contributed by atoms with E-state index in [-0.39, 0.29) is 5.75 Å². The molecule has 0 saturated carbocycles. The van der Waals surface area contributed by atoms with E-state index in [0.29, 0.717) is 0 Å². The number of ether oxygens (including phenoxy) is 1. The molecule has 2 aromatic carbocycles. The van der Waals surface area contributed by atoms with E-state index in [4.69, 9.17) is 0 Å². The van der Waals surface area contributed by atoms with Gasteiger partial charge in [0.25, 0.3) is 0 Å². The average Bonchev–Trinajstić information content (AvgIpc) is 2.39. The molecule has 0 aliphatic carbocycles. The minimum Gasteiger partial charge on any atom is -0.406 e. The number of benzene rings is 2. The van der Waals surface area contributed by atoms with E-state index in [1.807, 2.05) is 18.2 Å². The molecule has 0 spiro atoms. The second-order valence-electron chi connectivity index (χ2n) is 4.42. The van der Waals surface area contributed by atoms with Crippen molar-refractivity contribution >= 4 is 0 Å². The maximum Gasteiger partial charge on any atom is 0.573 e. The molecule has 4 heteroatoms. The normalized spacial score (nSPS) is 11.4. The van der Waals surface area contributed by atoms with Gasteiger partial charge in [0.05, 0.1) is 0 Å². The van der Waals surface area contributed by atoms with Crippen molar-refractivity contribution < 1.29 is 17.9 Å². The average molecular weight is 279 g/mol. The lowest BCUT2D eigenvalue weighted by Crippen LogP contribution is -2.16. The lowest BCUT2D eigenvalue weighted by molar-refractivity contribution is -0.274. The first-order valence-electron chi connectivity index (χ1n) is 6.35. The third-order valence-corrected chi connectivity index (χ3v) is 2.82. The Morgan fingerprint density at radius 2 is 1.65 bits per heavy atom. The first kappa shape index (κ1) is 14.4. The lowest BCUT2D eigenvalue weighted by Gasteiger charge is -2.09. The first-order valence-corrected chi connectivity index (χ1v) is 6.35. The summed E-state index contributed by atoms with van der Waals surface area (Å²) in [7, 11) is 0. The number of alkyl halides is 3. The van der Waals surface area contributed by atoms with E-state index < -0.39 is 6.36 Å². The molecule has 0 amide bonds. The van der Waals surface area contributed by atoms with Gasteiger partial charge in [-0.3, -0.25) is 0 Å². The smallest absolute Gasteiger partial charge is 0.406 e. The summed E-state index contributed by atoms with van der Waals surface area (Å²) in [4.78, 5) is 0. The van der Waals surface area contributed by atoms with Gasteiger partial charge in [-0.05, 0) is 47.4 Å². The topological polar surface area (TPSA) is 9.23 Å². The quantitative estimate of drug-likeness (QED) is 0.764. The van der Waals surface area contributed by atoms with Gasteiger partial charge in [0.1, 0.15) is 5.75 Å². The molecule has 20 heavy (non-hydrogen) atoms. The van der Waals surface area contributed by atoms with Gasteiger partial charge in [0, 0.05) is 0 Å². The number of halogens is 3. The van der Waals surface area contributed by atoms with Crippen LogP contribution in [0.3, 0.4) is 0 Å². The molecule has 0 atom stereocenters. The van der Waals surface area contributed by atoms with Crippen LogP contribution < -0.4 is 4.74 Å². The second kappa shape index (κ2) is 5.99. The van der Waals surface area contributed by atoms with Crippen LogP contribution in [0.1, 0.15) is 18.9 Å². The Morgan fingerprint density at radius 1 is 1.00 bits per heavy atom. The monoisotopic (exact) mass is 279 g/mol.